The molecule has 0 unspecified atom stereocenters. The van der Waals surface area contributed by atoms with E-state index in [2.05, 4.69) is 10.3 Å². The van der Waals surface area contributed by atoms with Gasteiger partial charge in [-0.3, -0.25) is 4.98 Å². The third kappa shape index (κ3) is 2.79. The third-order valence-corrected chi connectivity index (χ3v) is 5.74. The Bertz CT molecular complexity index is 740. The summed E-state index contributed by atoms with van der Waals surface area (Å²) in [5.41, 5.74) is 0. The van der Waals surface area contributed by atoms with Crippen molar-refractivity contribution in [3.05, 3.63) is 36.7 Å². The van der Waals surface area contributed by atoms with Gasteiger partial charge in [-0.05, 0) is 32.0 Å². The van der Waals surface area contributed by atoms with E-state index >= 15 is 0 Å². The Balaban J connectivity index is 2.07. The number of benzene rings is 1. The molecule has 0 radical (unpaired) electrons. The van der Waals surface area contributed by atoms with Crippen molar-refractivity contribution in [3.8, 4) is 0 Å². The van der Waals surface area contributed by atoms with Gasteiger partial charge in [-0.2, -0.15) is 4.31 Å². The van der Waals surface area contributed by atoms with Crippen LogP contribution in [-0.2, 0) is 10.0 Å². The molecule has 0 saturated carbocycles. The average Bonchev–Trinajstić information content (AvgIpc) is 2.71. The van der Waals surface area contributed by atoms with Gasteiger partial charge in [-0.1, -0.05) is 12.1 Å². The van der Waals surface area contributed by atoms with Gasteiger partial charge in [-0.25, -0.2) is 8.42 Å². The predicted molar refractivity (Wildman–Crippen MR) is 82.6 cm³/mol. The highest BCUT2D eigenvalue weighted by atomic mass is 32.2. The van der Waals surface area contributed by atoms with Crippen LogP contribution in [0.2, 0.25) is 0 Å². The van der Waals surface area contributed by atoms with Crippen molar-refractivity contribution in [3.63, 3.8) is 0 Å². The number of hydrogen-bond donors (Lipinski definition) is 1. The van der Waals surface area contributed by atoms with Crippen LogP contribution in [0.15, 0.2) is 41.6 Å². The van der Waals surface area contributed by atoms with Crippen molar-refractivity contribution in [2.24, 2.45) is 0 Å². The van der Waals surface area contributed by atoms with E-state index in [0.717, 1.165) is 23.7 Å². The minimum absolute atomic E-state index is 0.166. The molecular formula is C15H19N3O2S. The van der Waals surface area contributed by atoms with Gasteiger partial charge < -0.3 is 5.32 Å². The fourth-order valence-electron chi connectivity index (χ4n) is 2.74. The van der Waals surface area contributed by atoms with E-state index in [-0.39, 0.29) is 6.04 Å². The summed E-state index contributed by atoms with van der Waals surface area (Å²) in [5.74, 6) is 0. The topological polar surface area (TPSA) is 62.3 Å². The fourth-order valence-corrected chi connectivity index (χ4v) is 4.52. The van der Waals surface area contributed by atoms with Crippen LogP contribution < -0.4 is 5.32 Å². The second kappa shape index (κ2) is 5.71. The summed E-state index contributed by atoms with van der Waals surface area (Å²) in [4.78, 5) is 4.43. The molecule has 1 atom stereocenters. The standard InChI is InChI=1S/C15H19N3O2S/c1-12-11-18(9-3-7-17-12)21(19,20)15-5-2-4-13-10-16-8-6-14(13)15/h2,4-6,8,10,12,17H,3,7,9,11H2,1H3/t12-/m1/s1. The van der Waals surface area contributed by atoms with E-state index in [0.29, 0.717) is 18.0 Å². The smallest absolute Gasteiger partial charge is 0.243 e. The normalized spacial score (nSPS) is 21.3. The minimum Gasteiger partial charge on any atom is -0.313 e. The number of pyridine rings is 1. The summed E-state index contributed by atoms with van der Waals surface area (Å²) >= 11 is 0. The van der Waals surface area contributed by atoms with Gasteiger partial charge in [0, 0.05) is 42.3 Å². The number of rotatable bonds is 2. The number of nitrogens with zero attached hydrogens (tertiary/aromatic N) is 2. The first-order valence-electron chi connectivity index (χ1n) is 7.15. The molecule has 1 fully saturated rings. The maximum absolute atomic E-state index is 13.0. The lowest BCUT2D eigenvalue weighted by Gasteiger charge is -2.22. The lowest BCUT2D eigenvalue weighted by molar-refractivity contribution is 0.404. The molecule has 2 aromatic rings. The highest BCUT2D eigenvalue weighted by Crippen LogP contribution is 2.25. The van der Waals surface area contributed by atoms with Crippen LogP contribution in [-0.4, -0.2) is 43.4 Å². The first-order valence-corrected chi connectivity index (χ1v) is 8.59. The molecule has 2 heterocycles. The van der Waals surface area contributed by atoms with Crippen LogP contribution in [0, 0.1) is 0 Å². The summed E-state index contributed by atoms with van der Waals surface area (Å²) in [7, 11) is -3.48. The molecule has 5 nitrogen and oxygen atoms in total. The zero-order chi connectivity index (χ0) is 14.9. The maximum Gasteiger partial charge on any atom is 0.243 e. The molecule has 1 aromatic carbocycles. The molecule has 0 amide bonds. The summed E-state index contributed by atoms with van der Waals surface area (Å²) in [5, 5.41) is 4.90. The average molecular weight is 305 g/mol. The molecule has 1 N–H and O–H groups in total. The zero-order valence-corrected chi connectivity index (χ0v) is 12.8. The van der Waals surface area contributed by atoms with E-state index in [1.54, 1.807) is 34.9 Å². The highest BCUT2D eigenvalue weighted by Gasteiger charge is 2.28. The van der Waals surface area contributed by atoms with Crippen molar-refractivity contribution in [2.45, 2.75) is 24.3 Å². The van der Waals surface area contributed by atoms with Crippen molar-refractivity contribution >= 4 is 20.8 Å². The Morgan fingerprint density at radius 2 is 2.19 bits per heavy atom. The Labute approximate surface area is 125 Å². The Morgan fingerprint density at radius 3 is 3.05 bits per heavy atom. The van der Waals surface area contributed by atoms with Crippen LogP contribution in [0.25, 0.3) is 10.8 Å². The lowest BCUT2D eigenvalue weighted by Crippen LogP contribution is -2.38. The minimum atomic E-state index is -3.48. The maximum atomic E-state index is 13.0. The molecule has 0 spiro atoms. The van der Waals surface area contributed by atoms with Gasteiger partial charge in [0.15, 0.2) is 0 Å². The summed E-state index contributed by atoms with van der Waals surface area (Å²) in [6.45, 7) is 3.93. The van der Waals surface area contributed by atoms with Crippen LogP contribution >= 0.6 is 0 Å². The van der Waals surface area contributed by atoms with Crippen LogP contribution in [0.3, 0.4) is 0 Å². The van der Waals surface area contributed by atoms with Gasteiger partial charge >= 0.3 is 0 Å². The Hall–Kier alpha value is -1.50. The number of aromatic nitrogens is 1. The molecule has 1 aromatic heterocycles. The van der Waals surface area contributed by atoms with Gasteiger partial charge in [0.25, 0.3) is 0 Å². The zero-order valence-electron chi connectivity index (χ0n) is 12.0. The summed E-state index contributed by atoms with van der Waals surface area (Å²) in [6, 6.07) is 7.27. The fraction of sp³-hybridized carbons (Fsp3) is 0.400. The summed E-state index contributed by atoms with van der Waals surface area (Å²) in [6.07, 6.45) is 4.16. The first kappa shape index (κ1) is 14.4. The van der Waals surface area contributed by atoms with E-state index in [9.17, 15) is 8.42 Å². The number of nitrogens with one attached hydrogen (secondary N) is 1. The molecule has 21 heavy (non-hydrogen) atoms. The van der Waals surface area contributed by atoms with Crippen LogP contribution in [0.5, 0.6) is 0 Å². The second-order valence-corrected chi connectivity index (χ2v) is 7.33. The van der Waals surface area contributed by atoms with Crippen molar-refractivity contribution in [1.82, 2.24) is 14.6 Å². The van der Waals surface area contributed by atoms with Crippen molar-refractivity contribution in [2.75, 3.05) is 19.6 Å². The molecule has 6 heteroatoms. The third-order valence-electron chi connectivity index (χ3n) is 3.81. The van der Waals surface area contributed by atoms with E-state index in [1.165, 1.54) is 0 Å². The van der Waals surface area contributed by atoms with Gasteiger partial charge in [0.2, 0.25) is 10.0 Å². The van der Waals surface area contributed by atoms with Crippen molar-refractivity contribution < 1.29 is 8.42 Å². The highest BCUT2D eigenvalue weighted by molar-refractivity contribution is 7.89. The Kier molecular flexibility index (Phi) is 3.93. The number of fused-ring (bicyclic) bond motifs is 1. The van der Waals surface area contributed by atoms with E-state index in [4.69, 9.17) is 0 Å². The largest absolute Gasteiger partial charge is 0.313 e. The molecule has 1 aliphatic rings. The van der Waals surface area contributed by atoms with Crippen LogP contribution in [0.4, 0.5) is 0 Å². The molecular weight excluding hydrogens is 286 g/mol. The SMILES string of the molecule is C[C@@H]1CN(S(=O)(=O)c2cccc3cnccc23)CCCN1. The van der Waals surface area contributed by atoms with Gasteiger partial charge in [0.05, 0.1) is 4.90 Å². The number of sulfonamides is 1. The van der Waals surface area contributed by atoms with Crippen LogP contribution in [0.1, 0.15) is 13.3 Å². The first-order chi connectivity index (χ1) is 10.1. The predicted octanol–water partition coefficient (Wildman–Crippen LogP) is 1.61. The second-order valence-electron chi connectivity index (χ2n) is 5.42. The summed E-state index contributed by atoms with van der Waals surface area (Å²) < 4.78 is 27.5. The van der Waals surface area contributed by atoms with Crippen molar-refractivity contribution in [1.29, 1.82) is 0 Å². The molecule has 1 saturated heterocycles. The molecule has 0 bridgehead atoms. The van der Waals surface area contributed by atoms with E-state index in [1.807, 2.05) is 13.0 Å². The molecule has 0 aliphatic carbocycles. The Morgan fingerprint density at radius 1 is 1.33 bits per heavy atom. The molecule has 1 aliphatic heterocycles. The van der Waals surface area contributed by atoms with Gasteiger partial charge in [0.1, 0.15) is 0 Å². The molecule has 3 rings (SSSR count). The lowest BCUT2D eigenvalue weighted by atomic mass is 10.2. The van der Waals surface area contributed by atoms with E-state index < -0.39 is 10.0 Å². The quantitative estimate of drug-likeness (QED) is 0.915. The monoisotopic (exact) mass is 305 g/mol. The molecule has 112 valence electrons. The van der Waals surface area contributed by atoms with Gasteiger partial charge in [-0.15, -0.1) is 0 Å². The number of hydrogen-bond acceptors (Lipinski definition) is 4.